The zero-order valence-electron chi connectivity index (χ0n) is 6.02. The van der Waals surface area contributed by atoms with Gasteiger partial charge in [0.2, 0.25) is 0 Å². The summed E-state index contributed by atoms with van der Waals surface area (Å²) in [5, 5.41) is 0. The third kappa shape index (κ3) is 1.77. The summed E-state index contributed by atoms with van der Waals surface area (Å²) in [6.45, 7) is 0. The Labute approximate surface area is 82.1 Å². The van der Waals surface area contributed by atoms with E-state index in [9.17, 15) is 8.78 Å². The second kappa shape index (κ2) is 3.42. The maximum absolute atomic E-state index is 12.2. The van der Waals surface area contributed by atoms with Gasteiger partial charge in [-0.3, -0.25) is 0 Å². The summed E-state index contributed by atoms with van der Waals surface area (Å²) in [7, 11) is 0. The molecule has 0 saturated heterocycles. The lowest BCUT2D eigenvalue weighted by Crippen LogP contribution is -2.01. The molecular weight excluding hydrogens is 277 g/mol. The van der Waals surface area contributed by atoms with Crippen LogP contribution in [0.2, 0.25) is 0 Å². The monoisotopic (exact) mass is 284 g/mol. The van der Waals surface area contributed by atoms with Crippen LogP contribution in [-0.4, -0.2) is 0 Å². The van der Waals surface area contributed by atoms with E-state index in [1.54, 1.807) is 6.07 Å². The van der Waals surface area contributed by atoms with Gasteiger partial charge in [-0.1, -0.05) is 0 Å². The highest BCUT2D eigenvalue weighted by Crippen LogP contribution is 2.30. The van der Waals surface area contributed by atoms with Crippen molar-refractivity contribution in [3.8, 4) is 0 Å². The Hall–Kier alpha value is -0.590. The highest BCUT2D eigenvalue weighted by Gasteiger charge is 2.13. The van der Waals surface area contributed by atoms with E-state index in [0.29, 0.717) is 3.57 Å². The minimum Gasteiger partial charge on any atom is -0.397 e. The quantitative estimate of drug-likeness (QED) is 0.614. The minimum atomic E-state index is -2.57. The van der Waals surface area contributed by atoms with Crippen LogP contribution in [-0.2, 0) is 0 Å². The van der Waals surface area contributed by atoms with Gasteiger partial charge in [-0.2, -0.15) is 0 Å². The van der Waals surface area contributed by atoms with Gasteiger partial charge >= 0.3 is 0 Å². The van der Waals surface area contributed by atoms with Crippen LogP contribution >= 0.6 is 22.6 Å². The molecule has 0 heterocycles. The van der Waals surface area contributed by atoms with Crippen molar-refractivity contribution in [2.24, 2.45) is 0 Å². The van der Waals surface area contributed by atoms with Gasteiger partial charge in [-0.15, -0.1) is 0 Å². The number of halogens is 3. The molecule has 1 aromatic rings. The van der Waals surface area contributed by atoms with Crippen molar-refractivity contribution in [2.75, 3.05) is 11.5 Å². The van der Waals surface area contributed by atoms with Gasteiger partial charge in [0.15, 0.2) is 0 Å². The fourth-order valence-corrected chi connectivity index (χ4v) is 1.51. The van der Waals surface area contributed by atoms with Crippen molar-refractivity contribution in [2.45, 2.75) is 6.43 Å². The van der Waals surface area contributed by atoms with Crippen molar-refractivity contribution in [3.63, 3.8) is 0 Å². The molecule has 66 valence electrons. The van der Waals surface area contributed by atoms with Crippen molar-refractivity contribution in [1.29, 1.82) is 0 Å². The molecule has 0 aliphatic heterocycles. The van der Waals surface area contributed by atoms with Gasteiger partial charge in [0.1, 0.15) is 0 Å². The Bertz CT molecular complexity index is 302. The average molecular weight is 284 g/mol. The van der Waals surface area contributed by atoms with Gasteiger partial charge in [-0.05, 0) is 34.7 Å². The summed E-state index contributed by atoms with van der Waals surface area (Å²) >= 11 is 1.91. The predicted molar refractivity (Wildman–Crippen MR) is 52.9 cm³/mol. The lowest BCUT2D eigenvalue weighted by atomic mass is 10.1. The molecule has 2 nitrogen and oxygen atoms in total. The second-order valence-electron chi connectivity index (χ2n) is 2.30. The molecule has 0 atom stereocenters. The number of hydrogen-bond donors (Lipinski definition) is 2. The number of benzene rings is 1. The zero-order valence-corrected chi connectivity index (χ0v) is 8.18. The Morgan fingerprint density at radius 1 is 1.25 bits per heavy atom. The molecule has 12 heavy (non-hydrogen) atoms. The Morgan fingerprint density at radius 3 is 2.33 bits per heavy atom. The molecule has 1 rings (SSSR count). The lowest BCUT2D eigenvalue weighted by Gasteiger charge is -2.07. The molecule has 0 aliphatic carbocycles. The minimum absolute atomic E-state index is 0.0228. The van der Waals surface area contributed by atoms with Crippen LogP contribution in [0.5, 0.6) is 0 Å². The Kier molecular flexibility index (Phi) is 2.71. The first-order valence-corrected chi connectivity index (χ1v) is 4.22. The molecule has 0 spiro atoms. The number of hydrogen-bond acceptors (Lipinski definition) is 2. The van der Waals surface area contributed by atoms with Crippen molar-refractivity contribution < 1.29 is 8.78 Å². The first-order chi connectivity index (χ1) is 5.52. The van der Waals surface area contributed by atoms with E-state index in [2.05, 4.69) is 0 Å². The molecule has 0 unspecified atom stereocenters. The molecule has 5 heteroatoms. The van der Waals surface area contributed by atoms with E-state index >= 15 is 0 Å². The molecule has 0 saturated carbocycles. The Morgan fingerprint density at radius 2 is 1.83 bits per heavy atom. The molecule has 0 radical (unpaired) electrons. The maximum Gasteiger partial charge on any atom is 0.265 e. The van der Waals surface area contributed by atoms with Crippen LogP contribution in [0, 0.1) is 3.57 Å². The van der Waals surface area contributed by atoms with Crippen LogP contribution in [0.3, 0.4) is 0 Å². The summed E-state index contributed by atoms with van der Waals surface area (Å²) in [4.78, 5) is 0. The van der Waals surface area contributed by atoms with Crippen LogP contribution in [0.4, 0.5) is 20.2 Å². The fraction of sp³-hybridized carbons (Fsp3) is 0.143. The smallest absolute Gasteiger partial charge is 0.265 e. The number of nitrogen functional groups attached to an aromatic ring is 2. The summed E-state index contributed by atoms with van der Waals surface area (Å²) < 4.78 is 25.2. The van der Waals surface area contributed by atoms with Crippen molar-refractivity contribution in [1.82, 2.24) is 0 Å². The standard InChI is InChI=1S/C7H7F2IN2/c8-7(9)4-1-3(10)2-5(11)6(4)12/h1-2,7H,11-12H2. The molecule has 0 aromatic heterocycles. The third-order valence-electron chi connectivity index (χ3n) is 1.44. The lowest BCUT2D eigenvalue weighted by molar-refractivity contribution is 0.152. The number of nitrogens with two attached hydrogens (primary N) is 2. The molecule has 4 N–H and O–H groups in total. The topological polar surface area (TPSA) is 52.0 Å². The van der Waals surface area contributed by atoms with Gasteiger partial charge < -0.3 is 11.5 Å². The van der Waals surface area contributed by atoms with Gasteiger partial charge in [-0.25, -0.2) is 8.78 Å². The van der Waals surface area contributed by atoms with E-state index in [0.717, 1.165) is 0 Å². The summed E-state index contributed by atoms with van der Waals surface area (Å²) in [5.41, 5.74) is 10.7. The molecule has 0 amide bonds. The fourth-order valence-electron chi connectivity index (χ4n) is 0.841. The van der Waals surface area contributed by atoms with E-state index in [1.807, 2.05) is 22.6 Å². The molecule has 0 aliphatic rings. The predicted octanol–water partition coefficient (Wildman–Crippen LogP) is 2.39. The largest absolute Gasteiger partial charge is 0.397 e. The number of alkyl halides is 2. The average Bonchev–Trinajstić information content (AvgIpc) is 1.96. The maximum atomic E-state index is 12.2. The van der Waals surface area contributed by atoms with Crippen molar-refractivity contribution in [3.05, 3.63) is 21.3 Å². The molecular formula is C7H7F2IN2. The molecule has 0 fully saturated rings. The van der Waals surface area contributed by atoms with Crippen LogP contribution in [0.1, 0.15) is 12.0 Å². The summed E-state index contributed by atoms with van der Waals surface area (Å²) in [6.07, 6.45) is -2.57. The molecule has 1 aromatic carbocycles. The highest BCUT2D eigenvalue weighted by atomic mass is 127. The number of rotatable bonds is 1. The summed E-state index contributed by atoms with van der Waals surface area (Å²) in [6, 6.07) is 2.89. The van der Waals surface area contributed by atoms with E-state index in [-0.39, 0.29) is 16.9 Å². The van der Waals surface area contributed by atoms with E-state index in [1.165, 1.54) is 6.07 Å². The Balaban J connectivity index is 3.28. The zero-order chi connectivity index (χ0) is 9.30. The normalized spacial score (nSPS) is 10.7. The highest BCUT2D eigenvalue weighted by molar-refractivity contribution is 14.1. The van der Waals surface area contributed by atoms with Crippen LogP contribution < -0.4 is 11.5 Å². The van der Waals surface area contributed by atoms with Gasteiger partial charge in [0, 0.05) is 9.13 Å². The molecule has 0 bridgehead atoms. The van der Waals surface area contributed by atoms with E-state index < -0.39 is 6.43 Å². The third-order valence-corrected chi connectivity index (χ3v) is 2.07. The van der Waals surface area contributed by atoms with Gasteiger partial charge in [0.05, 0.1) is 11.4 Å². The second-order valence-corrected chi connectivity index (χ2v) is 3.54. The van der Waals surface area contributed by atoms with Gasteiger partial charge in [0.25, 0.3) is 6.43 Å². The first kappa shape index (κ1) is 9.50. The van der Waals surface area contributed by atoms with Crippen LogP contribution in [0.25, 0.3) is 0 Å². The number of anilines is 2. The summed E-state index contributed by atoms with van der Waals surface area (Å²) in [5.74, 6) is 0. The first-order valence-electron chi connectivity index (χ1n) is 3.15. The van der Waals surface area contributed by atoms with Crippen molar-refractivity contribution >= 4 is 34.0 Å². The SMILES string of the molecule is Nc1cc(I)cc(C(F)F)c1N. The van der Waals surface area contributed by atoms with E-state index in [4.69, 9.17) is 11.5 Å². The van der Waals surface area contributed by atoms with Crippen LogP contribution in [0.15, 0.2) is 12.1 Å².